The molecule has 2 nitrogen and oxygen atoms in total. The number of para-hydroxylation sites is 2. The van der Waals surface area contributed by atoms with Crippen LogP contribution in [0.1, 0.15) is 75.3 Å². The van der Waals surface area contributed by atoms with Crippen molar-refractivity contribution >= 4 is 45.2 Å². The molecule has 0 fully saturated rings. The molecule has 0 bridgehead atoms. The van der Waals surface area contributed by atoms with Crippen LogP contribution in [-0.4, -0.2) is 0 Å². The van der Waals surface area contributed by atoms with Crippen molar-refractivity contribution in [1.82, 2.24) is 0 Å². The lowest BCUT2D eigenvalue weighted by Gasteiger charge is -2.42. The van der Waals surface area contributed by atoms with Crippen LogP contribution >= 0.6 is 11.8 Å². The quantitative estimate of drug-likeness (QED) is 0.171. The fraction of sp³-hybridized carbons (Fsp3) is 0.0833. The lowest BCUT2D eigenvalue weighted by atomic mass is 9.64. The molecule has 10 aromatic carbocycles. The first-order valence-corrected chi connectivity index (χ1v) is 27.3. The number of allylic oxidation sites excluding steroid dienone is 7. The highest BCUT2D eigenvalue weighted by molar-refractivity contribution is 7.99. The maximum Gasteiger partial charge on any atom is 0.132 e. The van der Waals surface area contributed by atoms with E-state index in [1.165, 1.54) is 110 Å². The van der Waals surface area contributed by atoms with Crippen molar-refractivity contribution in [2.24, 2.45) is 0 Å². The van der Waals surface area contributed by atoms with Crippen LogP contribution in [0.5, 0.6) is 5.75 Å². The summed E-state index contributed by atoms with van der Waals surface area (Å²) >= 11 is 1.90. The number of ether oxygens (including phenoxy) is 1. The Hall–Kier alpha value is -8.63. The largest absolute Gasteiger partial charge is 0.457 e. The molecule has 2 heterocycles. The molecule has 10 aromatic rings. The first kappa shape index (κ1) is 42.8. The first-order chi connectivity index (χ1) is 37.2. The van der Waals surface area contributed by atoms with Gasteiger partial charge in [0, 0.05) is 38.0 Å². The molecule has 0 N–H and O–H groups in total. The Bertz CT molecular complexity index is 4150. The van der Waals surface area contributed by atoms with Crippen LogP contribution in [-0.2, 0) is 10.8 Å². The minimum Gasteiger partial charge on any atom is -0.457 e. The summed E-state index contributed by atoms with van der Waals surface area (Å²) in [5, 5.41) is 2.47. The van der Waals surface area contributed by atoms with Gasteiger partial charge >= 0.3 is 0 Å². The zero-order valence-electron chi connectivity index (χ0n) is 41.2. The van der Waals surface area contributed by atoms with Crippen LogP contribution in [0.4, 0.5) is 17.1 Å². The van der Waals surface area contributed by atoms with Gasteiger partial charge in [-0.2, -0.15) is 0 Å². The van der Waals surface area contributed by atoms with E-state index in [1.807, 2.05) is 11.8 Å². The number of hydrogen-bond donors (Lipinski definition) is 0. The molecule has 2 atom stereocenters. The predicted molar refractivity (Wildman–Crippen MR) is 309 cm³/mol. The Kier molecular flexibility index (Phi) is 9.39. The van der Waals surface area contributed by atoms with E-state index in [4.69, 9.17) is 4.74 Å². The van der Waals surface area contributed by atoms with E-state index in [0.29, 0.717) is 0 Å². The summed E-state index contributed by atoms with van der Waals surface area (Å²) in [5.41, 5.74) is 21.8. The molecule has 75 heavy (non-hydrogen) atoms. The SMILES string of the molecule is C1=CC2=C(CC1)C1(c3ccccc3O2)c2ccccc2-c2ccc(N(c3ccccc3C3C=CC(c4ccccc4)=CC3)c3cc4c(c5ccccc35)-c3ccccc3C43c4ccccc4Sc4ccccc43)cc21. The van der Waals surface area contributed by atoms with E-state index in [9.17, 15) is 0 Å². The van der Waals surface area contributed by atoms with E-state index in [1.54, 1.807) is 0 Å². The third kappa shape index (κ3) is 5.93. The minimum atomic E-state index is -0.564. The van der Waals surface area contributed by atoms with Crippen molar-refractivity contribution in [1.29, 1.82) is 0 Å². The molecule has 3 heteroatoms. The molecule has 0 radical (unpaired) electrons. The second-order valence-electron chi connectivity index (χ2n) is 20.8. The van der Waals surface area contributed by atoms with Gasteiger partial charge in [-0.3, -0.25) is 0 Å². The second kappa shape index (κ2) is 16.4. The zero-order valence-corrected chi connectivity index (χ0v) is 42.0. The van der Waals surface area contributed by atoms with Gasteiger partial charge in [0.25, 0.3) is 0 Å². The second-order valence-corrected chi connectivity index (χ2v) is 21.9. The highest BCUT2D eigenvalue weighted by Crippen LogP contribution is 2.66. The minimum absolute atomic E-state index is 0.149. The van der Waals surface area contributed by atoms with Crippen LogP contribution < -0.4 is 9.64 Å². The molecule has 0 aromatic heterocycles. The number of hydrogen-bond acceptors (Lipinski definition) is 3. The molecule has 354 valence electrons. The van der Waals surface area contributed by atoms with Crippen molar-refractivity contribution < 1.29 is 4.74 Å². The summed E-state index contributed by atoms with van der Waals surface area (Å²) < 4.78 is 6.88. The molecule has 2 spiro atoms. The smallest absolute Gasteiger partial charge is 0.132 e. The van der Waals surface area contributed by atoms with E-state index in [2.05, 4.69) is 260 Å². The van der Waals surface area contributed by atoms with Gasteiger partial charge in [-0.25, -0.2) is 0 Å². The molecule has 16 rings (SSSR count). The Labute approximate surface area is 442 Å². The summed E-state index contributed by atoms with van der Waals surface area (Å²) in [6, 6.07) is 84.8. The van der Waals surface area contributed by atoms with Crippen LogP contribution in [0.15, 0.2) is 276 Å². The molecular weight excluding hydrogens is 927 g/mol. The van der Waals surface area contributed by atoms with Gasteiger partial charge in [-0.05, 0) is 151 Å². The van der Waals surface area contributed by atoms with Crippen LogP contribution in [0, 0.1) is 0 Å². The van der Waals surface area contributed by atoms with Gasteiger partial charge in [0.1, 0.15) is 11.5 Å². The highest BCUT2D eigenvalue weighted by atomic mass is 32.2. The number of fused-ring (bicyclic) bond motifs is 19. The topological polar surface area (TPSA) is 12.5 Å². The standard InChI is InChI=1S/C72H49NOS/c1-2-20-46(21-3-1)47-38-40-48(41-39-47)50-22-8-15-33-64(50)73(49-42-43-52-51-23-6-9-27-56(51)71(62(52)44-49)58-29-11-16-34-66(58)74-67-35-17-12-30-59(67)71)65-45-63-70(54-25-5-4-24-53(54)65)55-26-7-10-28-57(55)72(63)60-31-13-18-36-68(60)75-69-37-19-14-32-61(69)72/h1-11,13-29,31-40,42-45,48H,12,30,41H2. The Morgan fingerprint density at radius 3 is 1.91 bits per heavy atom. The molecule has 2 aliphatic heterocycles. The van der Waals surface area contributed by atoms with Gasteiger partial charge in [-0.1, -0.05) is 218 Å². The molecule has 2 unspecified atom stereocenters. The zero-order chi connectivity index (χ0) is 49.2. The van der Waals surface area contributed by atoms with Crippen molar-refractivity contribution in [3.8, 4) is 28.0 Å². The first-order valence-electron chi connectivity index (χ1n) is 26.5. The van der Waals surface area contributed by atoms with Crippen molar-refractivity contribution in [3.05, 3.63) is 316 Å². The molecule has 0 saturated heterocycles. The van der Waals surface area contributed by atoms with Crippen LogP contribution in [0.25, 0.3) is 38.6 Å². The molecular formula is C72H49NOS. The van der Waals surface area contributed by atoms with Gasteiger partial charge in [0.2, 0.25) is 0 Å². The number of benzene rings is 10. The monoisotopic (exact) mass is 975 g/mol. The number of rotatable bonds is 5. The van der Waals surface area contributed by atoms with Gasteiger partial charge < -0.3 is 9.64 Å². The van der Waals surface area contributed by atoms with Crippen LogP contribution in [0.3, 0.4) is 0 Å². The third-order valence-electron chi connectivity index (χ3n) is 17.2. The van der Waals surface area contributed by atoms with Crippen molar-refractivity contribution in [2.75, 3.05) is 4.90 Å². The summed E-state index contributed by atoms with van der Waals surface area (Å²) in [5.74, 6) is 2.05. The Balaban J connectivity index is 1.00. The predicted octanol–water partition coefficient (Wildman–Crippen LogP) is 18.6. The van der Waals surface area contributed by atoms with E-state index < -0.39 is 10.8 Å². The fourth-order valence-corrected chi connectivity index (χ4v) is 15.5. The van der Waals surface area contributed by atoms with E-state index in [-0.39, 0.29) is 5.92 Å². The summed E-state index contributed by atoms with van der Waals surface area (Å²) in [6.45, 7) is 0. The Morgan fingerprint density at radius 2 is 1.12 bits per heavy atom. The molecule has 0 saturated carbocycles. The normalized spacial score (nSPS) is 18.5. The summed E-state index contributed by atoms with van der Waals surface area (Å²) in [7, 11) is 0. The highest BCUT2D eigenvalue weighted by Gasteiger charge is 2.54. The molecule has 4 aliphatic carbocycles. The molecule has 0 amide bonds. The lowest BCUT2D eigenvalue weighted by molar-refractivity contribution is 0.389. The summed E-state index contributed by atoms with van der Waals surface area (Å²) in [6.07, 6.45) is 14.5. The van der Waals surface area contributed by atoms with Gasteiger partial charge in [-0.15, -0.1) is 0 Å². The average Bonchev–Trinajstić information content (AvgIpc) is 3.94. The van der Waals surface area contributed by atoms with Crippen molar-refractivity contribution in [3.63, 3.8) is 0 Å². The lowest BCUT2D eigenvalue weighted by Crippen LogP contribution is -2.35. The van der Waals surface area contributed by atoms with Gasteiger partial charge in [0.05, 0.1) is 16.5 Å². The Morgan fingerprint density at radius 1 is 0.480 bits per heavy atom. The maximum atomic E-state index is 6.88. The fourth-order valence-electron chi connectivity index (χ4n) is 14.3. The number of nitrogens with zero attached hydrogens (tertiary/aromatic N) is 1. The summed E-state index contributed by atoms with van der Waals surface area (Å²) in [4.78, 5) is 5.25. The van der Waals surface area contributed by atoms with Crippen LogP contribution in [0.2, 0.25) is 0 Å². The average molecular weight is 976 g/mol. The van der Waals surface area contributed by atoms with Gasteiger partial charge in [0.15, 0.2) is 0 Å². The maximum absolute atomic E-state index is 6.88. The van der Waals surface area contributed by atoms with E-state index >= 15 is 0 Å². The third-order valence-corrected chi connectivity index (χ3v) is 18.4. The number of anilines is 3. The van der Waals surface area contributed by atoms with Crippen molar-refractivity contribution in [2.45, 2.75) is 45.8 Å². The molecule has 6 aliphatic rings. The van der Waals surface area contributed by atoms with E-state index in [0.717, 1.165) is 42.1 Å².